The van der Waals surface area contributed by atoms with E-state index in [1.165, 1.54) is 12.4 Å². The van der Waals surface area contributed by atoms with Crippen molar-refractivity contribution >= 4 is 39.9 Å². The molecule has 1 aliphatic rings. The van der Waals surface area contributed by atoms with Crippen LogP contribution in [0, 0.1) is 11.7 Å². The molecule has 1 amide bonds. The lowest BCUT2D eigenvalue weighted by Crippen LogP contribution is -2.39. The fourth-order valence-electron chi connectivity index (χ4n) is 3.19. The van der Waals surface area contributed by atoms with Gasteiger partial charge < -0.3 is 10.1 Å². The number of hydrogen-bond donors (Lipinski definition) is 2. The van der Waals surface area contributed by atoms with E-state index in [0.29, 0.717) is 29.0 Å². The number of halogens is 2. The summed E-state index contributed by atoms with van der Waals surface area (Å²) in [6.45, 7) is 0.414. The third kappa shape index (κ3) is 4.29. The molecule has 7 nitrogen and oxygen atoms in total. The number of carbonyl (C=O) groups excluding carboxylic acids is 1. The molecule has 0 unspecified atom stereocenters. The zero-order chi connectivity index (χ0) is 21.3. The molecule has 3 aromatic rings. The number of amides is 1. The van der Waals surface area contributed by atoms with Gasteiger partial charge in [0.05, 0.1) is 23.3 Å². The van der Waals surface area contributed by atoms with Crippen molar-refractivity contribution in [3.8, 4) is 5.75 Å². The highest BCUT2D eigenvalue weighted by molar-refractivity contribution is 6.31. The van der Waals surface area contributed by atoms with Gasteiger partial charge in [0.25, 0.3) is 0 Å². The summed E-state index contributed by atoms with van der Waals surface area (Å²) in [5.74, 6) is 0.660. The molecule has 0 atom stereocenters. The van der Waals surface area contributed by atoms with Crippen LogP contribution in [-0.4, -0.2) is 35.0 Å². The minimum absolute atomic E-state index is 0.0220. The number of nitrogens with zero attached hydrogens (tertiary/aromatic N) is 3. The van der Waals surface area contributed by atoms with E-state index in [0.717, 1.165) is 18.4 Å². The molecule has 1 aromatic heterocycles. The Bertz CT molecular complexity index is 1110. The van der Waals surface area contributed by atoms with Crippen LogP contribution in [0.1, 0.15) is 18.4 Å². The smallest absolute Gasteiger partial charge is 0.237 e. The summed E-state index contributed by atoms with van der Waals surface area (Å²) < 4.78 is 19.9. The Labute approximate surface area is 178 Å². The lowest BCUT2D eigenvalue weighted by Gasteiger charge is -2.20. The van der Waals surface area contributed by atoms with Gasteiger partial charge in [0.1, 0.15) is 17.9 Å². The quantitative estimate of drug-likeness (QED) is 0.552. The molecule has 30 heavy (non-hydrogen) atoms. The standard InChI is InChI=1S/C21H21ClFN5O2/c1-28(27-21(29)12-6-7-12)10-13-8-14-17(9-18(13)30-2)24-11-25-20(14)26-16-5-3-4-15(22)19(16)23/h3-5,8-9,11-12H,6-7,10H2,1-2H3,(H,27,29)(H,24,25,26). The van der Waals surface area contributed by atoms with E-state index < -0.39 is 5.82 Å². The van der Waals surface area contributed by atoms with Gasteiger partial charge in [-0.1, -0.05) is 17.7 Å². The summed E-state index contributed by atoms with van der Waals surface area (Å²) in [6, 6.07) is 8.39. The van der Waals surface area contributed by atoms with Crippen molar-refractivity contribution in [3.05, 3.63) is 53.1 Å². The van der Waals surface area contributed by atoms with Crippen molar-refractivity contribution in [2.24, 2.45) is 5.92 Å². The van der Waals surface area contributed by atoms with Crippen LogP contribution in [0.4, 0.5) is 15.9 Å². The minimum atomic E-state index is -0.554. The van der Waals surface area contributed by atoms with E-state index in [1.807, 2.05) is 6.07 Å². The first kappa shape index (κ1) is 20.3. The molecule has 1 saturated carbocycles. The van der Waals surface area contributed by atoms with Gasteiger partial charge in [-0.25, -0.2) is 19.4 Å². The average Bonchev–Trinajstić information content (AvgIpc) is 3.57. The van der Waals surface area contributed by atoms with E-state index >= 15 is 0 Å². The second-order valence-corrected chi connectivity index (χ2v) is 7.64. The molecule has 9 heteroatoms. The third-order valence-electron chi connectivity index (χ3n) is 4.90. The number of hydrazine groups is 1. The van der Waals surface area contributed by atoms with Gasteiger partial charge in [0.2, 0.25) is 5.91 Å². The minimum Gasteiger partial charge on any atom is -0.496 e. The highest BCUT2D eigenvalue weighted by Crippen LogP contribution is 2.32. The molecule has 2 aromatic carbocycles. The summed E-state index contributed by atoms with van der Waals surface area (Å²) in [4.78, 5) is 20.6. The Morgan fingerprint density at radius 2 is 2.13 bits per heavy atom. The average molecular weight is 430 g/mol. The van der Waals surface area contributed by atoms with Gasteiger partial charge in [-0.3, -0.25) is 10.2 Å². The van der Waals surface area contributed by atoms with Crippen LogP contribution in [0.15, 0.2) is 36.7 Å². The molecule has 2 N–H and O–H groups in total. The number of methoxy groups -OCH3 is 1. The van der Waals surface area contributed by atoms with Gasteiger partial charge in [-0.05, 0) is 31.0 Å². The van der Waals surface area contributed by atoms with Gasteiger partial charge >= 0.3 is 0 Å². The predicted molar refractivity (Wildman–Crippen MR) is 113 cm³/mol. The molecule has 1 heterocycles. The van der Waals surface area contributed by atoms with Crippen LogP contribution in [0.3, 0.4) is 0 Å². The summed E-state index contributed by atoms with van der Waals surface area (Å²) in [7, 11) is 3.38. The Hall–Kier alpha value is -2.97. The molecule has 0 radical (unpaired) electrons. The number of anilines is 2. The van der Waals surface area contributed by atoms with Crippen LogP contribution in [0.25, 0.3) is 10.9 Å². The van der Waals surface area contributed by atoms with Crippen LogP contribution >= 0.6 is 11.6 Å². The lowest BCUT2D eigenvalue weighted by atomic mass is 10.1. The van der Waals surface area contributed by atoms with E-state index in [9.17, 15) is 9.18 Å². The van der Waals surface area contributed by atoms with Gasteiger partial charge in [-0.15, -0.1) is 0 Å². The Morgan fingerprint density at radius 1 is 1.33 bits per heavy atom. The largest absolute Gasteiger partial charge is 0.496 e. The molecule has 1 aliphatic carbocycles. The molecule has 0 bridgehead atoms. The maximum Gasteiger partial charge on any atom is 0.237 e. The lowest BCUT2D eigenvalue weighted by molar-refractivity contribution is -0.126. The van der Waals surface area contributed by atoms with Crippen LogP contribution < -0.4 is 15.5 Å². The summed E-state index contributed by atoms with van der Waals surface area (Å²) in [5, 5.41) is 5.43. The Morgan fingerprint density at radius 3 is 2.87 bits per heavy atom. The van der Waals surface area contributed by atoms with Crippen molar-refractivity contribution in [3.63, 3.8) is 0 Å². The number of aromatic nitrogens is 2. The highest BCUT2D eigenvalue weighted by Gasteiger charge is 2.30. The fourth-order valence-corrected chi connectivity index (χ4v) is 3.36. The zero-order valence-corrected chi connectivity index (χ0v) is 17.3. The van der Waals surface area contributed by atoms with E-state index in [-0.39, 0.29) is 22.5 Å². The molecule has 4 rings (SSSR count). The number of benzene rings is 2. The van der Waals surface area contributed by atoms with E-state index in [1.54, 1.807) is 37.4 Å². The molecular weight excluding hydrogens is 409 g/mol. The fraction of sp³-hybridized carbons (Fsp3) is 0.286. The second kappa shape index (κ2) is 8.41. The topological polar surface area (TPSA) is 79.4 Å². The second-order valence-electron chi connectivity index (χ2n) is 7.24. The number of carbonyl (C=O) groups is 1. The van der Waals surface area contributed by atoms with Gasteiger partial charge in [-0.2, -0.15) is 0 Å². The first-order chi connectivity index (χ1) is 14.5. The molecular formula is C21H21ClFN5O2. The zero-order valence-electron chi connectivity index (χ0n) is 16.6. The van der Waals surface area contributed by atoms with Crippen molar-refractivity contribution in [1.82, 2.24) is 20.4 Å². The summed E-state index contributed by atoms with van der Waals surface area (Å²) in [6.07, 6.45) is 3.27. The van der Waals surface area contributed by atoms with Crippen molar-refractivity contribution in [1.29, 1.82) is 0 Å². The molecule has 1 fully saturated rings. The van der Waals surface area contributed by atoms with Gasteiger partial charge in [0, 0.05) is 36.5 Å². The number of nitrogens with one attached hydrogen (secondary N) is 2. The Balaban J connectivity index is 1.66. The number of hydrogen-bond acceptors (Lipinski definition) is 6. The van der Waals surface area contributed by atoms with E-state index in [4.69, 9.17) is 16.3 Å². The Kier molecular flexibility index (Phi) is 5.69. The van der Waals surface area contributed by atoms with Crippen LogP contribution in [0.5, 0.6) is 5.75 Å². The third-order valence-corrected chi connectivity index (χ3v) is 5.19. The first-order valence-electron chi connectivity index (χ1n) is 9.50. The number of fused-ring (bicyclic) bond motifs is 1. The highest BCUT2D eigenvalue weighted by atomic mass is 35.5. The van der Waals surface area contributed by atoms with Gasteiger partial charge in [0.15, 0.2) is 5.82 Å². The predicted octanol–water partition coefficient (Wildman–Crippen LogP) is 4.05. The molecule has 0 spiro atoms. The van der Waals surface area contributed by atoms with Crippen molar-refractivity contribution < 1.29 is 13.9 Å². The molecule has 156 valence electrons. The molecule has 0 aliphatic heterocycles. The maximum absolute atomic E-state index is 14.3. The maximum atomic E-state index is 14.3. The van der Waals surface area contributed by atoms with Crippen molar-refractivity contribution in [2.45, 2.75) is 19.4 Å². The normalized spacial score (nSPS) is 13.5. The monoisotopic (exact) mass is 429 g/mol. The summed E-state index contributed by atoms with van der Waals surface area (Å²) in [5.41, 5.74) is 4.57. The SMILES string of the molecule is COc1cc2ncnc(Nc3cccc(Cl)c3F)c2cc1CN(C)NC(=O)C1CC1. The van der Waals surface area contributed by atoms with E-state index in [2.05, 4.69) is 20.7 Å². The van der Waals surface area contributed by atoms with Crippen molar-refractivity contribution in [2.75, 3.05) is 19.5 Å². The molecule has 0 saturated heterocycles. The summed E-state index contributed by atoms with van der Waals surface area (Å²) >= 11 is 5.88. The first-order valence-corrected chi connectivity index (χ1v) is 9.88. The number of rotatable bonds is 7. The number of ether oxygens (including phenoxy) is 1. The van der Waals surface area contributed by atoms with Crippen LogP contribution in [0.2, 0.25) is 5.02 Å². The van der Waals surface area contributed by atoms with Crippen LogP contribution in [-0.2, 0) is 11.3 Å².